The van der Waals surface area contributed by atoms with E-state index in [1.165, 1.54) is 5.56 Å². The quantitative estimate of drug-likeness (QED) is 0.360. The number of aryl methyl sites for hydroxylation is 2. The zero-order valence-corrected chi connectivity index (χ0v) is 22.1. The minimum absolute atomic E-state index is 0.0853. The number of benzene rings is 1. The first-order chi connectivity index (χ1) is 17.1. The molecule has 7 heteroatoms. The Bertz CT molecular complexity index is 1390. The molecular formula is C29H35N5O2. The summed E-state index contributed by atoms with van der Waals surface area (Å²) in [4.78, 5) is 25.3. The topological polar surface area (TPSA) is 83.5 Å². The van der Waals surface area contributed by atoms with Crippen LogP contribution in [0, 0.1) is 24.2 Å². The smallest absolute Gasteiger partial charge is 0.252 e. The maximum atomic E-state index is 12.7. The molecule has 0 radical (unpaired) electrons. The molecule has 0 aliphatic heterocycles. The van der Waals surface area contributed by atoms with E-state index in [2.05, 4.69) is 46.2 Å². The highest BCUT2D eigenvalue weighted by molar-refractivity contribution is 6.03. The van der Waals surface area contributed by atoms with Crippen molar-refractivity contribution in [3.05, 3.63) is 69.6 Å². The lowest BCUT2D eigenvalue weighted by Gasteiger charge is -2.37. The predicted octanol–water partition coefficient (Wildman–Crippen LogP) is 5.33. The summed E-state index contributed by atoms with van der Waals surface area (Å²) in [5.41, 5.74) is 5.44. The van der Waals surface area contributed by atoms with Gasteiger partial charge in [0.1, 0.15) is 22.9 Å². The summed E-state index contributed by atoms with van der Waals surface area (Å²) in [6, 6.07) is 15.8. The molecule has 3 aromatic rings. The molecule has 0 atom stereocenters. The van der Waals surface area contributed by atoms with Gasteiger partial charge in [-0.25, -0.2) is 4.98 Å². The van der Waals surface area contributed by atoms with Crippen LogP contribution in [0.2, 0.25) is 0 Å². The summed E-state index contributed by atoms with van der Waals surface area (Å²) in [6.07, 6.45) is 3.84. The van der Waals surface area contributed by atoms with E-state index in [1.807, 2.05) is 33.9 Å². The molecule has 1 saturated carbocycles. The lowest BCUT2D eigenvalue weighted by molar-refractivity contribution is -0.0000370. The summed E-state index contributed by atoms with van der Waals surface area (Å²) >= 11 is 0. The van der Waals surface area contributed by atoms with Gasteiger partial charge in [-0.15, -0.1) is 0 Å². The van der Waals surface area contributed by atoms with Gasteiger partial charge in [-0.05, 0) is 71.1 Å². The second-order valence-corrected chi connectivity index (χ2v) is 10.7. The molecule has 0 unspecified atom stereocenters. The van der Waals surface area contributed by atoms with Gasteiger partial charge in [0, 0.05) is 37.7 Å². The molecule has 2 aromatic heterocycles. The number of nitrogens with zero attached hydrogens (tertiary/aromatic N) is 5. The summed E-state index contributed by atoms with van der Waals surface area (Å²) in [5, 5.41) is 14.0. The van der Waals surface area contributed by atoms with Crippen LogP contribution in [-0.2, 0) is 11.9 Å². The number of anilines is 1. The van der Waals surface area contributed by atoms with Crippen LogP contribution >= 0.6 is 0 Å². The number of hydrogen-bond acceptors (Lipinski definition) is 6. The van der Waals surface area contributed by atoms with Crippen molar-refractivity contribution in [2.24, 2.45) is 18.1 Å². The van der Waals surface area contributed by atoms with Crippen LogP contribution in [0.15, 0.2) is 52.4 Å². The zero-order valence-electron chi connectivity index (χ0n) is 22.1. The monoisotopic (exact) mass is 485 g/mol. The Morgan fingerprint density at radius 1 is 1.17 bits per heavy atom. The molecular weight excluding hydrogens is 450 g/mol. The highest BCUT2D eigenvalue weighted by Gasteiger charge is 2.30. The van der Waals surface area contributed by atoms with Gasteiger partial charge >= 0.3 is 0 Å². The summed E-state index contributed by atoms with van der Waals surface area (Å²) in [7, 11) is 3.76. The van der Waals surface area contributed by atoms with Crippen LogP contribution in [0.1, 0.15) is 63.3 Å². The summed E-state index contributed by atoms with van der Waals surface area (Å²) < 4.78 is 1.58. The standard InChI is InChI=1S/C29H35N5O2/c1-19-9-7-8-10-23(19)27(32-36-29(2,3)4)20-11-14-22(15-12-20)33(5)25-17-26(35)34(6)24-16-13-21(18-30)31-28(24)25/h7-10,13,16-17,20,22H,11-12,14-15H2,1-6H3/b32-27-. The minimum Gasteiger partial charge on any atom is -0.390 e. The molecule has 7 nitrogen and oxygen atoms in total. The van der Waals surface area contributed by atoms with Crippen LogP contribution in [0.3, 0.4) is 0 Å². The molecule has 0 spiro atoms. The molecule has 4 rings (SSSR count). The fraction of sp³-hybridized carbons (Fsp3) is 0.448. The Labute approximate surface area is 213 Å². The molecule has 1 aliphatic carbocycles. The Balaban J connectivity index is 1.60. The van der Waals surface area contributed by atoms with Gasteiger partial charge < -0.3 is 14.3 Å². The maximum Gasteiger partial charge on any atom is 0.252 e. The SMILES string of the molecule is Cc1ccccc1/C(=N\OC(C)(C)C)C1CCC(N(C)c2cc(=O)n(C)c3ccc(C#N)nc23)CC1. The van der Waals surface area contributed by atoms with Crippen molar-refractivity contribution in [3.63, 3.8) is 0 Å². The highest BCUT2D eigenvalue weighted by Crippen LogP contribution is 2.34. The second kappa shape index (κ2) is 10.1. The molecule has 0 saturated heterocycles. The third-order valence-electron chi connectivity index (χ3n) is 7.03. The first kappa shape index (κ1) is 25.4. The van der Waals surface area contributed by atoms with E-state index in [1.54, 1.807) is 29.8 Å². The first-order valence-corrected chi connectivity index (χ1v) is 12.5. The predicted molar refractivity (Wildman–Crippen MR) is 144 cm³/mol. The van der Waals surface area contributed by atoms with Gasteiger partial charge in [0.2, 0.25) is 0 Å². The average Bonchev–Trinajstić information content (AvgIpc) is 2.86. The van der Waals surface area contributed by atoms with Crippen LogP contribution in [0.5, 0.6) is 0 Å². The molecule has 1 aromatic carbocycles. The van der Waals surface area contributed by atoms with Crippen molar-refractivity contribution >= 4 is 22.4 Å². The van der Waals surface area contributed by atoms with Crippen molar-refractivity contribution in [1.82, 2.24) is 9.55 Å². The van der Waals surface area contributed by atoms with Crippen molar-refractivity contribution < 1.29 is 4.84 Å². The number of aromatic nitrogens is 2. The van der Waals surface area contributed by atoms with Gasteiger partial charge in [-0.3, -0.25) is 4.79 Å². The van der Waals surface area contributed by atoms with Crippen molar-refractivity contribution in [3.8, 4) is 6.07 Å². The van der Waals surface area contributed by atoms with E-state index in [0.717, 1.165) is 48.2 Å². The van der Waals surface area contributed by atoms with Crippen LogP contribution in [-0.4, -0.2) is 34.0 Å². The van der Waals surface area contributed by atoms with Gasteiger partial charge in [-0.2, -0.15) is 5.26 Å². The largest absolute Gasteiger partial charge is 0.390 e. The van der Waals surface area contributed by atoms with Crippen molar-refractivity contribution in [2.45, 2.75) is 65.0 Å². The van der Waals surface area contributed by atoms with E-state index in [-0.39, 0.29) is 17.2 Å². The van der Waals surface area contributed by atoms with Crippen LogP contribution < -0.4 is 10.5 Å². The van der Waals surface area contributed by atoms with Gasteiger partial charge in [0.15, 0.2) is 0 Å². The third kappa shape index (κ3) is 5.28. The van der Waals surface area contributed by atoms with E-state index in [4.69, 9.17) is 4.84 Å². The van der Waals surface area contributed by atoms with Gasteiger partial charge in [-0.1, -0.05) is 29.4 Å². The fourth-order valence-electron chi connectivity index (χ4n) is 4.97. The Morgan fingerprint density at radius 2 is 1.86 bits per heavy atom. The van der Waals surface area contributed by atoms with Crippen molar-refractivity contribution in [1.29, 1.82) is 5.26 Å². The van der Waals surface area contributed by atoms with E-state index in [9.17, 15) is 10.1 Å². The molecule has 0 N–H and O–H groups in total. The Kier molecular flexibility index (Phi) is 7.16. The number of fused-ring (bicyclic) bond motifs is 1. The molecule has 0 bridgehead atoms. The van der Waals surface area contributed by atoms with Crippen LogP contribution in [0.25, 0.3) is 11.0 Å². The number of hydrogen-bond donors (Lipinski definition) is 0. The van der Waals surface area contributed by atoms with E-state index >= 15 is 0 Å². The van der Waals surface area contributed by atoms with Gasteiger partial charge in [0.05, 0.1) is 16.9 Å². The van der Waals surface area contributed by atoms with E-state index in [0.29, 0.717) is 17.1 Å². The van der Waals surface area contributed by atoms with Gasteiger partial charge in [0.25, 0.3) is 5.56 Å². The van der Waals surface area contributed by atoms with Crippen LogP contribution in [0.4, 0.5) is 5.69 Å². The first-order valence-electron chi connectivity index (χ1n) is 12.5. The van der Waals surface area contributed by atoms with Crippen molar-refractivity contribution in [2.75, 3.05) is 11.9 Å². The molecule has 0 amide bonds. The lowest BCUT2D eigenvalue weighted by Crippen LogP contribution is -2.38. The Morgan fingerprint density at radius 3 is 2.50 bits per heavy atom. The highest BCUT2D eigenvalue weighted by atomic mass is 16.6. The normalized spacial score (nSPS) is 18.6. The number of nitriles is 1. The van der Waals surface area contributed by atoms with E-state index < -0.39 is 0 Å². The molecule has 1 fully saturated rings. The third-order valence-corrected chi connectivity index (χ3v) is 7.03. The maximum absolute atomic E-state index is 12.7. The molecule has 2 heterocycles. The molecule has 36 heavy (non-hydrogen) atoms. The number of pyridine rings is 2. The average molecular weight is 486 g/mol. The Hall–Kier alpha value is -3.66. The summed E-state index contributed by atoms with van der Waals surface area (Å²) in [5.74, 6) is 0.293. The molecule has 1 aliphatic rings. The zero-order chi connectivity index (χ0) is 26.0. The molecule has 188 valence electrons. The fourth-order valence-corrected chi connectivity index (χ4v) is 4.97. The summed E-state index contributed by atoms with van der Waals surface area (Å²) in [6.45, 7) is 8.15. The minimum atomic E-state index is -0.360. The number of rotatable bonds is 5. The second-order valence-electron chi connectivity index (χ2n) is 10.7. The number of oxime groups is 1. The lowest BCUT2D eigenvalue weighted by atomic mass is 9.80.